The van der Waals surface area contributed by atoms with E-state index < -0.39 is 11.6 Å². The van der Waals surface area contributed by atoms with Gasteiger partial charge in [0.2, 0.25) is 0 Å². The maximum absolute atomic E-state index is 8.29. The summed E-state index contributed by atoms with van der Waals surface area (Å²) in [6.07, 6.45) is 0. The monoisotopic (exact) mass is 104 g/mol. The van der Waals surface area contributed by atoms with Gasteiger partial charge in [0.15, 0.2) is 0 Å². The molecule has 0 unspecified atom stereocenters. The first kappa shape index (κ1) is 8.91. The van der Waals surface area contributed by atoms with Gasteiger partial charge in [0.1, 0.15) is 0 Å². The van der Waals surface area contributed by atoms with Crippen molar-refractivity contribution in [2.24, 2.45) is 0 Å². The molecule has 2 radical (unpaired) electrons. The molecule has 0 aromatic rings. The zero-order chi connectivity index (χ0) is 2.71. The van der Waals surface area contributed by atoms with Crippen molar-refractivity contribution in [1.82, 2.24) is 0 Å². The van der Waals surface area contributed by atoms with Crippen molar-refractivity contribution in [3.63, 3.8) is 0 Å². The first-order valence-electron chi connectivity index (χ1n) is 0.333. The number of rotatable bonds is 0. The van der Waals surface area contributed by atoms with Gasteiger partial charge in [0.25, 0.3) is 0 Å². The van der Waals surface area contributed by atoms with E-state index in [1.807, 2.05) is 0 Å². The third kappa shape index (κ3) is 11.4. The van der Waals surface area contributed by atoms with Gasteiger partial charge in [-0.2, -0.15) is 8.42 Å². The molecular formula is CaO2S. The second-order valence-electron chi connectivity index (χ2n) is 0.0680. The predicted molar refractivity (Wildman–Crippen MR) is 14.7 cm³/mol. The van der Waals surface area contributed by atoms with Gasteiger partial charge in [0, 0.05) is 37.7 Å². The van der Waals surface area contributed by atoms with Crippen LogP contribution in [0.15, 0.2) is 0 Å². The van der Waals surface area contributed by atoms with Crippen LogP contribution in [-0.2, 0) is 11.6 Å². The molecule has 0 saturated heterocycles. The Kier molecular flexibility index (Phi) is 19.9. The fourth-order valence-corrected chi connectivity index (χ4v) is 0. The summed E-state index contributed by atoms with van der Waals surface area (Å²) in [5, 5.41) is 0. The molecule has 0 N–H and O–H groups in total. The topological polar surface area (TPSA) is 34.1 Å². The molecular weight excluding hydrogens is 104 g/mol. The molecule has 0 aliphatic rings. The largest absolute Gasteiger partial charge is 0.335 e. The van der Waals surface area contributed by atoms with Gasteiger partial charge in [-0.05, 0) is 0 Å². The van der Waals surface area contributed by atoms with Gasteiger partial charge < -0.3 is 0 Å². The molecule has 0 aromatic carbocycles. The molecule has 0 aliphatic carbocycles. The number of hydrogen-bond acceptors (Lipinski definition) is 2. The normalized spacial score (nSPS) is 3.00. The second kappa shape index (κ2) is 8.95. The summed E-state index contributed by atoms with van der Waals surface area (Å²) in [5.41, 5.74) is 0. The van der Waals surface area contributed by atoms with E-state index in [0.717, 1.165) is 0 Å². The van der Waals surface area contributed by atoms with Crippen molar-refractivity contribution in [2.45, 2.75) is 0 Å². The molecule has 0 aromatic heterocycles. The van der Waals surface area contributed by atoms with E-state index in [0.29, 0.717) is 0 Å². The predicted octanol–water partition coefficient (Wildman–Crippen LogP) is -1.05. The average molecular weight is 104 g/mol. The summed E-state index contributed by atoms with van der Waals surface area (Å²) in [6.45, 7) is 0. The van der Waals surface area contributed by atoms with Crippen LogP contribution in [0.3, 0.4) is 0 Å². The molecule has 0 aliphatic heterocycles. The molecule has 0 fully saturated rings. The minimum absolute atomic E-state index is 0. The first-order chi connectivity index (χ1) is 1.41. The van der Waals surface area contributed by atoms with E-state index in [9.17, 15) is 0 Å². The van der Waals surface area contributed by atoms with Gasteiger partial charge in [0.05, 0.1) is 0 Å². The molecule has 0 rings (SSSR count). The molecule has 0 saturated carbocycles. The van der Waals surface area contributed by atoms with Crippen LogP contribution in [-0.4, -0.2) is 46.2 Å². The zero-order valence-electron chi connectivity index (χ0n) is 1.93. The van der Waals surface area contributed by atoms with Crippen molar-refractivity contribution in [3.8, 4) is 0 Å². The third-order valence-electron chi connectivity index (χ3n) is 0. The molecule has 0 spiro atoms. The molecule has 0 bridgehead atoms. The quantitative estimate of drug-likeness (QED) is 0.367. The molecule has 20 valence electrons. The Balaban J connectivity index is 0. The van der Waals surface area contributed by atoms with Crippen LogP contribution in [0.1, 0.15) is 0 Å². The van der Waals surface area contributed by atoms with Gasteiger partial charge >= 0.3 is 11.6 Å². The zero-order valence-corrected chi connectivity index (χ0v) is 4.96. The minimum atomic E-state index is -0.750. The van der Waals surface area contributed by atoms with Crippen molar-refractivity contribution < 1.29 is 8.42 Å². The van der Waals surface area contributed by atoms with E-state index in [-0.39, 0.29) is 37.7 Å². The van der Waals surface area contributed by atoms with E-state index >= 15 is 0 Å². The van der Waals surface area contributed by atoms with Crippen LogP contribution >= 0.6 is 0 Å². The molecule has 0 heterocycles. The fraction of sp³-hybridized carbons (Fsp3) is 0. The van der Waals surface area contributed by atoms with Crippen LogP contribution in [0.25, 0.3) is 0 Å². The van der Waals surface area contributed by atoms with E-state index in [4.69, 9.17) is 8.42 Å². The summed E-state index contributed by atoms with van der Waals surface area (Å²) >= 11 is -0.750. The van der Waals surface area contributed by atoms with Crippen LogP contribution < -0.4 is 0 Å². The average Bonchev–Trinajstić information content (AvgIpc) is 0.918. The Morgan fingerprint density at radius 1 is 1.25 bits per heavy atom. The maximum Gasteiger partial charge on any atom is 0.335 e. The maximum atomic E-state index is 8.29. The van der Waals surface area contributed by atoms with Gasteiger partial charge in [-0.25, -0.2) is 0 Å². The number of hydrogen-bond donors (Lipinski definition) is 0. The summed E-state index contributed by atoms with van der Waals surface area (Å²) in [6, 6.07) is 0. The molecule has 2 nitrogen and oxygen atoms in total. The molecule has 0 atom stereocenters. The summed E-state index contributed by atoms with van der Waals surface area (Å²) in [5.74, 6) is 0. The Labute approximate surface area is 57.2 Å². The minimum Gasteiger partial charge on any atom is -0.168 e. The van der Waals surface area contributed by atoms with Crippen LogP contribution in [0.2, 0.25) is 0 Å². The Morgan fingerprint density at radius 3 is 1.25 bits per heavy atom. The van der Waals surface area contributed by atoms with Crippen LogP contribution in [0, 0.1) is 0 Å². The Morgan fingerprint density at radius 2 is 1.25 bits per heavy atom. The van der Waals surface area contributed by atoms with Gasteiger partial charge in [-0.1, -0.05) is 0 Å². The summed E-state index contributed by atoms with van der Waals surface area (Å²) in [4.78, 5) is 0. The van der Waals surface area contributed by atoms with Crippen molar-refractivity contribution in [3.05, 3.63) is 0 Å². The van der Waals surface area contributed by atoms with Gasteiger partial charge in [-0.3, -0.25) is 0 Å². The molecule has 4 heavy (non-hydrogen) atoms. The SMILES string of the molecule is O=S=O.[Ca]. The van der Waals surface area contributed by atoms with Crippen molar-refractivity contribution >= 4 is 49.3 Å². The third-order valence-corrected chi connectivity index (χ3v) is 0. The van der Waals surface area contributed by atoms with Crippen molar-refractivity contribution in [2.75, 3.05) is 0 Å². The van der Waals surface area contributed by atoms with Gasteiger partial charge in [-0.15, -0.1) is 0 Å². The fourth-order valence-electron chi connectivity index (χ4n) is 0. The summed E-state index contributed by atoms with van der Waals surface area (Å²) < 4.78 is 16.6. The Hall–Kier alpha value is 1.08. The second-order valence-corrected chi connectivity index (χ2v) is 0.204. The van der Waals surface area contributed by atoms with E-state index in [1.54, 1.807) is 0 Å². The molecule has 4 heteroatoms. The van der Waals surface area contributed by atoms with E-state index in [1.165, 1.54) is 0 Å². The van der Waals surface area contributed by atoms with Crippen LogP contribution in [0.4, 0.5) is 0 Å². The summed E-state index contributed by atoms with van der Waals surface area (Å²) in [7, 11) is 0. The van der Waals surface area contributed by atoms with E-state index in [2.05, 4.69) is 0 Å². The smallest absolute Gasteiger partial charge is 0.168 e. The first-order valence-corrected chi connectivity index (χ1v) is 1.00. The van der Waals surface area contributed by atoms with Crippen LogP contribution in [0.5, 0.6) is 0 Å². The van der Waals surface area contributed by atoms with Crippen molar-refractivity contribution in [1.29, 1.82) is 0 Å². The standard InChI is InChI=1S/Ca.O2S/c;1-3-2. The Bertz CT molecular complexity index is 27.0. The molecule has 0 amide bonds.